The summed E-state index contributed by atoms with van der Waals surface area (Å²) in [6, 6.07) is 28.9. The van der Waals surface area contributed by atoms with Crippen molar-refractivity contribution >= 4 is 22.6 Å². The maximum Gasteiger partial charge on any atom is 0.255 e. The standard InChI is InChI=1S/C29H26N2O3/c1-34-27-16-7-6-14-26(27)28(32)30-18-23-17-21-10-2-3-11-22(21)19-31(23)29(33)25-15-8-12-20-9-4-5-13-24(20)25/h2-16,23H,17-19H2,1H3,(H,30,32). The van der Waals surface area contributed by atoms with Gasteiger partial charge >= 0.3 is 0 Å². The Balaban J connectivity index is 1.44. The molecule has 0 saturated heterocycles. The summed E-state index contributed by atoms with van der Waals surface area (Å²) >= 11 is 0. The van der Waals surface area contributed by atoms with Crippen LogP contribution in [-0.2, 0) is 13.0 Å². The van der Waals surface area contributed by atoms with E-state index >= 15 is 0 Å². The number of para-hydroxylation sites is 1. The van der Waals surface area contributed by atoms with Crippen LogP contribution >= 0.6 is 0 Å². The number of carbonyl (C=O) groups excluding carboxylic acids is 2. The summed E-state index contributed by atoms with van der Waals surface area (Å²) in [6.45, 7) is 0.856. The molecule has 0 saturated carbocycles. The monoisotopic (exact) mass is 450 g/mol. The van der Waals surface area contributed by atoms with E-state index in [4.69, 9.17) is 4.74 Å². The number of amides is 2. The van der Waals surface area contributed by atoms with Gasteiger partial charge in [0.25, 0.3) is 11.8 Å². The van der Waals surface area contributed by atoms with Gasteiger partial charge in [-0.2, -0.15) is 0 Å². The predicted molar refractivity (Wildman–Crippen MR) is 133 cm³/mol. The molecule has 0 aliphatic carbocycles. The molecule has 4 aromatic rings. The fourth-order valence-corrected chi connectivity index (χ4v) is 4.71. The fourth-order valence-electron chi connectivity index (χ4n) is 4.71. The average molecular weight is 451 g/mol. The van der Waals surface area contributed by atoms with Crippen LogP contribution in [0.4, 0.5) is 0 Å². The van der Waals surface area contributed by atoms with Gasteiger partial charge in [0.2, 0.25) is 0 Å². The van der Waals surface area contributed by atoms with Crippen molar-refractivity contribution in [1.29, 1.82) is 0 Å². The Morgan fingerprint density at radius 2 is 1.53 bits per heavy atom. The van der Waals surface area contributed by atoms with Crippen LogP contribution in [0.15, 0.2) is 91.0 Å². The smallest absolute Gasteiger partial charge is 0.255 e. The average Bonchev–Trinajstić information content (AvgIpc) is 2.90. The van der Waals surface area contributed by atoms with Crippen LogP contribution in [0.2, 0.25) is 0 Å². The second-order valence-electron chi connectivity index (χ2n) is 8.50. The first kappa shape index (κ1) is 21.7. The lowest BCUT2D eigenvalue weighted by molar-refractivity contribution is 0.0630. The van der Waals surface area contributed by atoms with Gasteiger partial charge in [-0.15, -0.1) is 0 Å². The molecule has 170 valence electrons. The van der Waals surface area contributed by atoms with Crippen molar-refractivity contribution in [2.45, 2.75) is 19.0 Å². The molecule has 1 heterocycles. The molecule has 1 unspecified atom stereocenters. The first-order valence-corrected chi connectivity index (χ1v) is 11.4. The van der Waals surface area contributed by atoms with Gasteiger partial charge in [0.15, 0.2) is 0 Å². The Hall–Kier alpha value is -4.12. The maximum atomic E-state index is 13.8. The molecule has 2 amide bonds. The third kappa shape index (κ3) is 4.13. The van der Waals surface area contributed by atoms with Crippen molar-refractivity contribution in [2.75, 3.05) is 13.7 Å². The predicted octanol–water partition coefficient (Wildman–Crippen LogP) is 4.85. The van der Waals surface area contributed by atoms with Crippen molar-refractivity contribution < 1.29 is 14.3 Å². The van der Waals surface area contributed by atoms with Gasteiger partial charge in [0, 0.05) is 18.7 Å². The molecular formula is C29H26N2O3. The minimum atomic E-state index is -0.214. The van der Waals surface area contributed by atoms with Crippen molar-refractivity contribution in [1.82, 2.24) is 10.2 Å². The lowest BCUT2D eigenvalue weighted by Crippen LogP contribution is -2.50. The van der Waals surface area contributed by atoms with Crippen LogP contribution < -0.4 is 10.1 Å². The van der Waals surface area contributed by atoms with E-state index in [9.17, 15) is 9.59 Å². The molecule has 0 spiro atoms. The highest BCUT2D eigenvalue weighted by Crippen LogP contribution is 2.27. The third-order valence-corrected chi connectivity index (χ3v) is 6.49. The SMILES string of the molecule is COc1ccccc1C(=O)NCC1Cc2ccccc2CN1C(=O)c1cccc2ccccc12. The number of methoxy groups -OCH3 is 1. The van der Waals surface area contributed by atoms with Crippen LogP contribution in [0.3, 0.4) is 0 Å². The first-order chi connectivity index (χ1) is 16.7. The van der Waals surface area contributed by atoms with Crippen molar-refractivity contribution in [3.8, 4) is 5.75 Å². The Labute approximate surface area is 199 Å². The molecule has 5 heteroatoms. The van der Waals surface area contributed by atoms with Gasteiger partial charge in [0.05, 0.1) is 18.7 Å². The summed E-state index contributed by atoms with van der Waals surface area (Å²) < 4.78 is 5.34. The zero-order valence-corrected chi connectivity index (χ0v) is 19.0. The van der Waals surface area contributed by atoms with Gasteiger partial charge in [-0.25, -0.2) is 0 Å². The van der Waals surface area contributed by atoms with Gasteiger partial charge < -0.3 is 15.0 Å². The van der Waals surface area contributed by atoms with Crippen LogP contribution in [0, 0.1) is 0 Å². The summed E-state index contributed by atoms with van der Waals surface area (Å²) in [6.07, 6.45) is 0.679. The molecule has 1 aliphatic rings. The van der Waals surface area contributed by atoms with Crippen LogP contribution in [0.25, 0.3) is 10.8 Å². The molecular weight excluding hydrogens is 424 g/mol. The van der Waals surface area contributed by atoms with E-state index in [-0.39, 0.29) is 17.9 Å². The highest BCUT2D eigenvalue weighted by atomic mass is 16.5. The fraction of sp³-hybridized carbons (Fsp3) is 0.172. The van der Waals surface area contributed by atoms with Crippen LogP contribution in [0.5, 0.6) is 5.75 Å². The summed E-state index contributed by atoms with van der Waals surface area (Å²) in [5.41, 5.74) is 3.51. The quantitative estimate of drug-likeness (QED) is 0.473. The highest BCUT2D eigenvalue weighted by molar-refractivity contribution is 6.07. The number of nitrogens with one attached hydrogen (secondary N) is 1. The zero-order valence-electron chi connectivity index (χ0n) is 19.0. The van der Waals surface area contributed by atoms with E-state index < -0.39 is 0 Å². The lowest BCUT2D eigenvalue weighted by atomic mass is 9.92. The molecule has 1 atom stereocenters. The minimum Gasteiger partial charge on any atom is -0.496 e. The Morgan fingerprint density at radius 3 is 2.38 bits per heavy atom. The minimum absolute atomic E-state index is 0.0251. The highest BCUT2D eigenvalue weighted by Gasteiger charge is 2.31. The Morgan fingerprint density at radius 1 is 0.853 bits per heavy atom. The Bertz CT molecular complexity index is 1360. The van der Waals surface area contributed by atoms with Gasteiger partial charge in [-0.3, -0.25) is 9.59 Å². The van der Waals surface area contributed by atoms with Crippen LogP contribution in [-0.4, -0.2) is 36.4 Å². The van der Waals surface area contributed by atoms with Gasteiger partial charge in [-0.1, -0.05) is 72.8 Å². The van der Waals surface area contributed by atoms with Crippen molar-refractivity contribution in [3.05, 3.63) is 113 Å². The second kappa shape index (κ2) is 9.40. The normalized spacial score (nSPS) is 15.0. The van der Waals surface area contributed by atoms with E-state index in [0.717, 1.165) is 16.3 Å². The molecule has 0 aromatic heterocycles. The van der Waals surface area contributed by atoms with Crippen molar-refractivity contribution in [2.24, 2.45) is 0 Å². The van der Waals surface area contributed by atoms with E-state index in [1.165, 1.54) is 5.56 Å². The van der Waals surface area contributed by atoms with Gasteiger partial charge in [-0.05, 0) is 46.5 Å². The zero-order chi connectivity index (χ0) is 23.5. The number of fused-ring (bicyclic) bond motifs is 2. The molecule has 0 radical (unpaired) electrons. The van der Waals surface area contributed by atoms with E-state index in [1.807, 2.05) is 71.6 Å². The number of carbonyl (C=O) groups is 2. The molecule has 5 nitrogen and oxygen atoms in total. The third-order valence-electron chi connectivity index (χ3n) is 6.49. The van der Waals surface area contributed by atoms with Gasteiger partial charge in [0.1, 0.15) is 5.75 Å². The molecule has 4 aromatic carbocycles. The summed E-state index contributed by atoms with van der Waals surface area (Å²) in [4.78, 5) is 28.7. The summed E-state index contributed by atoms with van der Waals surface area (Å²) in [5, 5.41) is 5.00. The molecule has 5 rings (SSSR count). The number of nitrogens with zero attached hydrogens (tertiary/aromatic N) is 1. The summed E-state index contributed by atoms with van der Waals surface area (Å²) in [7, 11) is 1.55. The Kier molecular flexibility index (Phi) is 6.00. The molecule has 0 bridgehead atoms. The summed E-state index contributed by atoms with van der Waals surface area (Å²) in [5.74, 6) is 0.286. The second-order valence-corrected chi connectivity index (χ2v) is 8.50. The lowest BCUT2D eigenvalue weighted by Gasteiger charge is -2.37. The first-order valence-electron chi connectivity index (χ1n) is 11.4. The number of benzene rings is 4. The molecule has 34 heavy (non-hydrogen) atoms. The van der Waals surface area contributed by atoms with Crippen LogP contribution in [0.1, 0.15) is 31.8 Å². The number of hydrogen-bond donors (Lipinski definition) is 1. The topological polar surface area (TPSA) is 58.6 Å². The van der Waals surface area contributed by atoms with E-state index in [0.29, 0.717) is 36.4 Å². The van der Waals surface area contributed by atoms with E-state index in [2.05, 4.69) is 17.4 Å². The largest absolute Gasteiger partial charge is 0.496 e. The van der Waals surface area contributed by atoms with E-state index in [1.54, 1.807) is 19.2 Å². The van der Waals surface area contributed by atoms with Crippen molar-refractivity contribution in [3.63, 3.8) is 0 Å². The molecule has 1 aliphatic heterocycles. The number of hydrogen-bond acceptors (Lipinski definition) is 3. The maximum absolute atomic E-state index is 13.8. The molecule has 1 N–H and O–H groups in total. The number of rotatable bonds is 5. The molecule has 0 fully saturated rings. The number of ether oxygens (including phenoxy) is 1.